The molecule has 3 nitrogen and oxygen atoms in total. The zero-order valence-electron chi connectivity index (χ0n) is 12.0. The lowest BCUT2D eigenvalue weighted by atomic mass is 10.1. The smallest absolute Gasteiger partial charge is 0.189 e. The Balaban J connectivity index is 1.79. The zero-order chi connectivity index (χ0) is 14.2. The van der Waals surface area contributed by atoms with Crippen molar-refractivity contribution in [2.24, 2.45) is 0 Å². The molecule has 2 aromatic carbocycles. The first-order valence-electron chi connectivity index (χ1n) is 6.81. The van der Waals surface area contributed by atoms with Gasteiger partial charge >= 0.3 is 0 Å². The summed E-state index contributed by atoms with van der Waals surface area (Å²) in [6, 6.07) is 18.4. The Bertz CT molecular complexity index is 513. The minimum Gasteiger partial charge on any atom is -0.468 e. The number of hydrogen-bond acceptors (Lipinski definition) is 3. The lowest BCUT2D eigenvalue weighted by molar-refractivity contribution is 0.00499. The van der Waals surface area contributed by atoms with Crippen LogP contribution in [0.3, 0.4) is 0 Å². The standard InChI is InChI=1S/C17H21NO2/c1-14(18-2)16-9-6-10-17(11-16)20-13-19-12-15-7-4-3-5-8-15/h3-11,14,18H,12-13H2,1-2H3. The summed E-state index contributed by atoms with van der Waals surface area (Å²) in [6.07, 6.45) is 0. The van der Waals surface area contributed by atoms with Crippen LogP contribution in [0.25, 0.3) is 0 Å². The molecule has 1 atom stereocenters. The molecule has 0 spiro atoms. The summed E-state index contributed by atoms with van der Waals surface area (Å²) in [7, 11) is 1.95. The van der Waals surface area contributed by atoms with E-state index in [-0.39, 0.29) is 6.79 Å². The lowest BCUT2D eigenvalue weighted by Crippen LogP contribution is -2.12. The van der Waals surface area contributed by atoms with Crippen molar-refractivity contribution in [3.8, 4) is 5.75 Å². The van der Waals surface area contributed by atoms with Gasteiger partial charge in [-0.05, 0) is 37.2 Å². The Morgan fingerprint density at radius 1 is 1.05 bits per heavy atom. The molecular formula is C17H21NO2. The minimum absolute atomic E-state index is 0.256. The van der Waals surface area contributed by atoms with E-state index in [1.165, 1.54) is 5.56 Å². The van der Waals surface area contributed by atoms with Gasteiger partial charge in [0.25, 0.3) is 0 Å². The third-order valence-corrected chi connectivity index (χ3v) is 3.21. The molecule has 0 aliphatic heterocycles. The lowest BCUT2D eigenvalue weighted by Gasteiger charge is -2.13. The van der Waals surface area contributed by atoms with E-state index >= 15 is 0 Å². The van der Waals surface area contributed by atoms with E-state index in [4.69, 9.17) is 9.47 Å². The van der Waals surface area contributed by atoms with Crippen LogP contribution in [0, 0.1) is 0 Å². The van der Waals surface area contributed by atoms with Gasteiger partial charge in [0.15, 0.2) is 6.79 Å². The summed E-state index contributed by atoms with van der Waals surface area (Å²) in [4.78, 5) is 0. The summed E-state index contributed by atoms with van der Waals surface area (Å²) in [5.41, 5.74) is 2.35. The van der Waals surface area contributed by atoms with Crippen LogP contribution in [0.5, 0.6) is 5.75 Å². The van der Waals surface area contributed by atoms with Crippen LogP contribution >= 0.6 is 0 Å². The number of rotatable bonds is 7. The molecule has 1 unspecified atom stereocenters. The first-order valence-corrected chi connectivity index (χ1v) is 6.81. The van der Waals surface area contributed by atoms with Crippen LogP contribution in [0.2, 0.25) is 0 Å². The summed E-state index contributed by atoms with van der Waals surface area (Å²) in [5, 5.41) is 3.21. The zero-order valence-corrected chi connectivity index (χ0v) is 12.0. The summed E-state index contributed by atoms with van der Waals surface area (Å²) >= 11 is 0. The van der Waals surface area contributed by atoms with Gasteiger partial charge in [-0.1, -0.05) is 42.5 Å². The fourth-order valence-corrected chi connectivity index (χ4v) is 1.88. The first-order chi connectivity index (χ1) is 9.79. The van der Waals surface area contributed by atoms with E-state index in [9.17, 15) is 0 Å². The van der Waals surface area contributed by atoms with Crippen LogP contribution in [0.1, 0.15) is 24.1 Å². The highest BCUT2D eigenvalue weighted by molar-refractivity contribution is 5.30. The Hall–Kier alpha value is -1.84. The Morgan fingerprint density at radius 3 is 2.60 bits per heavy atom. The topological polar surface area (TPSA) is 30.5 Å². The first kappa shape index (κ1) is 14.6. The van der Waals surface area contributed by atoms with Crippen molar-refractivity contribution in [3.05, 3.63) is 65.7 Å². The predicted octanol–water partition coefficient (Wildman–Crippen LogP) is 3.52. The van der Waals surface area contributed by atoms with Crippen LogP contribution in [0.15, 0.2) is 54.6 Å². The van der Waals surface area contributed by atoms with E-state index in [1.807, 2.05) is 55.6 Å². The van der Waals surface area contributed by atoms with Gasteiger partial charge in [0, 0.05) is 6.04 Å². The fraction of sp³-hybridized carbons (Fsp3) is 0.294. The Morgan fingerprint density at radius 2 is 1.85 bits per heavy atom. The SMILES string of the molecule is CNC(C)c1cccc(OCOCc2ccccc2)c1. The van der Waals surface area contributed by atoms with Crippen molar-refractivity contribution in [2.75, 3.05) is 13.8 Å². The van der Waals surface area contributed by atoms with Crippen LogP contribution in [-0.4, -0.2) is 13.8 Å². The third-order valence-electron chi connectivity index (χ3n) is 3.21. The second kappa shape index (κ2) is 7.68. The molecule has 0 aliphatic carbocycles. The highest BCUT2D eigenvalue weighted by Gasteiger charge is 2.03. The van der Waals surface area contributed by atoms with Crippen LogP contribution < -0.4 is 10.1 Å². The normalized spacial score (nSPS) is 12.1. The average Bonchev–Trinajstić information content (AvgIpc) is 2.52. The van der Waals surface area contributed by atoms with E-state index in [2.05, 4.69) is 18.3 Å². The van der Waals surface area contributed by atoms with Gasteiger partial charge in [-0.15, -0.1) is 0 Å². The van der Waals surface area contributed by atoms with Gasteiger partial charge < -0.3 is 14.8 Å². The monoisotopic (exact) mass is 271 g/mol. The molecule has 3 heteroatoms. The molecule has 0 fully saturated rings. The van der Waals surface area contributed by atoms with Gasteiger partial charge in [-0.2, -0.15) is 0 Å². The second-order valence-electron chi connectivity index (χ2n) is 4.68. The van der Waals surface area contributed by atoms with Gasteiger partial charge in [-0.3, -0.25) is 0 Å². The molecule has 0 heterocycles. The Labute approximate surface area is 120 Å². The van der Waals surface area contributed by atoms with E-state index in [0.29, 0.717) is 12.6 Å². The number of ether oxygens (including phenoxy) is 2. The molecule has 20 heavy (non-hydrogen) atoms. The summed E-state index contributed by atoms with van der Waals surface area (Å²) in [5.74, 6) is 0.831. The number of benzene rings is 2. The van der Waals surface area contributed by atoms with Gasteiger partial charge in [0.2, 0.25) is 0 Å². The third kappa shape index (κ3) is 4.37. The van der Waals surface area contributed by atoms with Gasteiger partial charge in [0.1, 0.15) is 5.75 Å². The molecule has 106 valence electrons. The highest BCUT2D eigenvalue weighted by Crippen LogP contribution is 2.18. The van der Waals surface area contributed by atoms with E-state index in [1.54, 1.807) is 0 Å². The molecule has 0 saturated heterocycles. The maximum Gasteiger partial charge on any atom is 0.189 e. The van der Waals surface area contributed by atoms with Crippen molar-refractivity contribution >= 4 is 0 Å². The Kier molecular flexibility index (Phi) is 5.59. The van der Waals surface area contributed by atoms with Crippen molar-refractivity contribution in [1.82, 2.24) is 5.32 Å². The van der Waals surface area contributed by atoms with Crippen molar-refractivity contribution < 1.29 is 9.47 Å². The molecule has 2 rings (SSSR count). The molecule has 0 amide bonds. The molecule has 0 aromatic heterocycles. The molecule has 0 radical (unpaired) electrons. The van der Waals surface area contributed by atoms with Gasteiger partial charge in [-0.25, -0.2) is 0 Å². The second-order valence-corrected chi connectivity index (χ2v) is 4.68. The van der Waals surface area contributed by atoms with Crippen LogP contribution in [-0.2, 0) is 11.3 Å². The van der Waals surface area contributed by atoms with Crippen molar-refractivity contribution in [1.29, 1.82) is 0 Å². The quantitative estimate of drug-likeness (QED) is 0.617. The van der Waals surface area contributed by atoms with Gasteiger partial charge in [0.05, 0.1) is 6.61 Å². The maximum absolute atomic E-state index is 5.61. The van der Waals surface area contributed by atoms with Crippen LogP contribution in [0.4, 0.5) is 0 Å². The highest BCUT2D eigenvalue weighted by atomic mass is 16.7. The molecule has 1 N–H and O–H groups in total. The van der Waals surface area contributed by atoms with Crippen molar-refractivity contribution in [2.45, 2.75) is 19.6 Å². The molecule has 2 aromatic rings. The summed E-state index contributed by atoms with van der Waals surface area (Å²) in [6.45, 7) is 2.94. The van der Waals surface area contributed by atoms with Crippen molar-refractivity contribution in [3.63, 3.8) is 0 Å². The number of hydrogen-bond donors (Lipinski definition) is 1. The number of nitrogens with one attached hydrogen (secondary N) is 1. The molecule has 0 aliphatic rings. The molecular weight excluding hydrogens is 250 g/mol. The predicted molar refractivity (Wildman–Crippen MR) is 80.6 cm³/mol. The average molecular weight is 271 g/mol. The van der Waals surface area contributed by atoms with E-state index < -0.39 is 0 Å². The maximum atomic E-state index is 5.61. The van der Waals surface area contributed by atoms with E-state index in [0.717, 1.165) is 11.3 Å². The molecule has 0 saturated carbocycles. The molecule has 0 bridgehead atoms. The largest absolute Gasteiger partial charge is 0.468 e. The minimum atomic E-state index is 0.256. The fourth-order valence-electron chi connectivity index (χ4n) is 1.88. The summed E-state index contributed by atoms with van der Waals surface area (Å²) < 4.78 is 11.1.